The normalized spacial score (nSPS) is 10.3. The molecule has 0 atom stereocenters. The Bertz CT molecular complexity index is 296. The molecule has 0 aliphatic carbocycles. The summed E-state index contributed by atoms with van der Waals surface area (Å²) in [5, 5.41) is 0. The van der Waals surface area contributed by atoms with Gasteiger partial charge in [0.05, 0.1) is 0 Å². The molecule has 0 unspecified atom stereocenters. The number of aryl methyl sites for hydroxylation is 2. The van der Waals surface area contributed by atoms with Gasteiger partial charge in [0, 0.05) is 25.2 Å². The van der Waals surface area contributed by atoms with Crippen LogP contribution in [0.15, 0.2) is 18.2 Å². The van der Waals surface area contributed by atoms with Crippen LogP contribution in [0.3, 0.4) is 0 Å². The van der Waals surface area contributed by atoms with Gasteiger partial charge in [0.15, 0.2) is 0 Å². The summed E-state index contributed by atoms with van der Waals surface area (Å²) in [7, 11) is 2.11. The molecule has 0 bridgehead atoms. The highest BCUT2D eigenvalue weighted by molar-refractivity contribution is 6.17. The fraction of sp³-hybridized carbons (Fsp3) is 0.500. The van der Waals surface area contributed by atoms with Crippen LogP contribution in [0.4, 0.5) is 5.69 Å². The van der Waals surface area contributed by atoms with Gasteiger partial charge >= 0.3 is 0 Å². The van der Waals surface area contributed by atoms with E-state index in [1.54, 1.807) is 0 Å². The van der Waals surface area contributed by atoms with Gasteiger partial charge in [-0.1, -0.05) is 6.07 Å². The van der Waals surface area contributed by atoms with Crippen LogP contribution in [-0.4, -0.2) is 19.5 Å². The Morgan fingerprint density at radius 2 is 1.93 bits per heavy atom. The van der Waals surface area contributed by atoms with Crippen molar-refractivity contribution in [2.75, 3.05) is 24.4 Å². The highest BCUT2D eigenvalue weighted by Crippen LogP contribution is 2.17. The molecular weight excluding hydrogens is 194 g/mol. The van der Waals surface area contributed by atoms with Crippen molar-refractivity contribution < 1.29 is 0 Å². The molecule has 1 rings (SSSR count). The van der Waals surface area contributed by atoms with Crippen LogP contribution in [0.2, 0.25) is 0 Å². The highest BCUT2D eigenvalue weighted by Gasteiger charge is 2.01. The molecule has 0 saturated carbocycles. The third-order valence-electron chi connectivity index (χ3n) is 2.56. The van der Waals surface area contributed by atoms with Crippen LogP contribution in [0.5, 0.6) is 0 Å². The zero-order valence-electron chi connectivity index (χ0n) is 9.18. The second-order valence-electron chi connectivity index (χ2n) is 3.73. The smallest absolute Gasteiger partial charge is 0.0366 e. The van der Waals surface area contributed by atoms with Crippen LogP contribution >= 0.6 is 11.6 Å². The summed E-state index contributed by atoms with van der Waals surface area (Å²) in [5.41, 5.74) is 3.97. The zero-order valence-corrected chi connectivity index (χ0v) is 9.93. The zero-order chi connectivity index (χ0) is 10.6. The lowest BCUT2D eigenvalue weighted by atomic mass is 10.1. The molecule has 0 aliphatic heterocycles. The molecule has 0 heterocycles. The van der Waals surface area contributed by atoms with E-state index in [1.165, 1.54) is 16.8 Å². The maximum atomic E-state index is 5.66. The average molecular weight is 212 g/mol. The lowest BCUT2D eigenvalue weighted by Gasteiger charge is -2.19. The third kappa shape index (κ3) is 2.91. The van der Waals surface area contributed by atoms with Gasteiger partial charge in [-0.2, -0.15) is 0 Å². The third-order valence-corrected chi connectivity index (χ3v) is 2.83. The van der Waals surface area contributed by atoms with Crippen molar-refractivity contribution in [3.63, 3.8) is 0 Å². The molecule has 0 amide bonds. The molecule has 1 aromatic rings. The molecule has 0 aliphatic rings. The summed E-state index contributed by atoms with van der Waals surface area (Å²) < 4.78 is 0. The van der Waals surface area contributed by atoms with Gasteiger partial charge in [-0.3, -0.25) is 0 Å². The number of alkyl halides is 1. The van der Waals surface area contributed by atoms with Crippen LogP contribution < -0.4 is 4.90 Å². The fourth-order valence-corrected chi connectivity index (χ4v) is 1.51. The first kappa shape index (κ1) is 11.4. The van der Waals surface area contributed by atoms with Crippen molar-refractivity contribution in [1.82, 2.24) is 0 Å². The molecule has 0 aromatic heterocycles. The highest BCUT2D eigenvalue weighted by atomic mass is 35.5. The summed E-state index contributed by atoms with van der Waals surface area (Å²) in [6.07, 6.45) is 1.03. The molecule has 2 heteroatoms. The Labute approximate surface area is 91.7 Å². The topological polar surface area (TPSA) is 3.24 Å². The first-order valence-corrected chi connectivity index (χ1v) is 5.53. The van der Waals surface area contributed by atoms with E-state index < -0.39 is 0 Å². The van der Waals surface area contributed by atoms with Crippen molar-refractivity contribution in [2.24, 2.45) is 0 Å². The maximum absolute atomic E-state index is 5.66. The molecule has 1 aromatic carbocycles. The van der Waals surface area contributed by atoms with E-state index in [4.69, 9.17) is 11.6 Å². The Balaban J connectivity index is 2.70. The lowest BCUT2D eigenvalue weighted by Crippen LogP contribution is -2.18. The molecule has 0 N–H and O–H groups in total. The molecule has 0 saturated heterocycles. The molecular formula is C12H18ClN. The van der Waals surface area contributed by atoms with Gasteiger partial charge in [0.2, 0.25) is 0 Å². The summed E-state index contributed by atoms with van der Waals surface area (Å²) in [4.78, 5) is 2.24. The second kappa shape index (κ2) is 5.26. The van der Waals surface area contributed by atoms with Crippen LogP contribution in [0, 0.1) is 13.8 Å². The van der Waals surface area contributed by atoms with Crippen LogP contribution in [0.25, 0.3) is 0 Å². The Morgan fingerprint density at radius 3 is 2.50 bits per heavy atom. The number of benzene rings is 1. The summed E-state index contributed by atoms with van der Waals surface area (Å²) >= 11 is 5.66. The minimum Gasteiger partial charge on any atom is -0.375 e. The largest absolute Gasteiger partial charge is 0.375 e. The van der Waals surface area contributed by atoms with Gasteiger partial charge in [-0.15, -0.1) is 11.6 Å². The number of halogens is 1. The van der Waals surface area contributed by atoms with Crippen molar-refractivity contribution in [2.45, 2.75) is 20.3 Å². The number of hydrogen-bond donors (Lipinski definition) is 0. The van der Waals surface area contributed by atoms with Gasteiger partial charge in [0.25, 0.3) is 0 Å². The number of rotatable bonds is 4. The Hall–Kier alpha value is -0.690. The fourth-order valence-electron chi connectivity index (χ4n) is 1.39. The number of anilines is 1. The molecule has 1 nitrogen and oxygen atoms in total. The summed E-state index contributed by atoms with van der Waals surface area (Å²) in [5.74, 6) is 0.731. The lowest BCUT2D eigenvalue weighted by molar-refractivity contribution is 0.856. The van der Waals surface area contributed by atoms with E-state index in [2.05, 4.69) is 44.0 Å². The summed E-state index contributed by atoms with van der Waals surface area (Å²) in [6, 6.07) is 6.56. The first-order valence-electron chi connectivity index (χ1n) is 4.99. The van der Waals surface area contributed by atoms with Gasteiger partial charge < -0.3 is 4.90 Å². The van der Waals surface area contributed by atoms with E-state index in [1.807, 2.05) is 0 Å². The van der Waals surface area contributed by atoms with Crippen LogP contribution in [-0.2, 0) is 0 Å². The number of nitrogens with zero attached hydrogens (tertiary/aromatic N) is 1. The van der Waals surface area contributed by atoms with Crippen molar-refractivity contribution in [3.05, 3.63) is 29.3 Å². The Morgan fingerprint density at radius 1 is 1.21 bits per heavy atom. The van der Waals surface area contributed by atoms with E-state index in [-0.39, 0.29) is 0 Å². The van der Waals surface area contributed by atoms with E-state index in [9.17, 15) is 0 Å². The van der Waals surface area contributed by atoms with Crippen molar-refractivity contribution in [3.8, 4) is 0 Å². The van der Waals surface area contributed by atoms with Gasteiger partial charge in [0.1, 0.15) is 0 Å². The van der Waals surface area contributed by atoms with Crippen molar-refractivity contribution >= 4 is 17.3 Å². The molecule has 0 radical (unpaired) electrons. The van der Waals surface area contributed by atoms with E-state index in [0.29, 0.717) is 0 Å². The second-order valence-corrected chi connectivity index (χ2v) is 4.11. The SMILES string of the molecule is Cc1ccc(N(C)CCCCl)cc1C. The molecule has 14 heavy (non-hydrogen) atoms. The standard InChI is InChI=1S/C12H18ClN/c1-10-5-6-12(9-11(10)2)14(3)8-4-7-13/h5-6,9H,4,7-8H2,1-3H3. The van der Waals surface area contributed by atoms with Crippen molar-refractivity contribution in [1.29, 1.82) is 0 Å². The Kier molecular flexibility index (Phi) is 4.27. The van der Waals surface area contributed by atoms with Gasteiger partial charge in [-0.25, -0.2) is 0 Å². The predicted octanol–water partition coefficient (Wildman–Crippen LogP) is 3.37. The average Bonchev–Trinajstić information content (AvgIpc) is 2.18. The van der Waals surface area contributed by atoms with Crippen LogP contribution in [0.1, 0.15) is 17.5 Å². The quantitative estimate of drug-likeness (QED) is 0.691. The molecule has 0 fully saturated rings. The molecule has 0 spiro atoms. The predicted molar refractivity (Wildman–Crippen MR) is 64.5 cm³/mol. The summed E-state index contributed by atoms with van der Waals surface area (Å²) in [6.45, 7) is 5.30. The minimum absolute atomic E-state index is 0.731. The maximum Gasteiger partial charge on any atom is 0.0366 e. The monoisotopic (exact) mass is 211 g/mol. The van der Waals surface area contributed by atoms with E-state index in [0.717, 1.165) is 18.8 Å². The van der Waals surface area contributed by atoms with Gasteiger partial charge in [-0.05, 0) is 43.5 Å². The molecule has 78 valence electrons. The first-order chi connectivity index (χ1) is 6.65. The number of hydrogen-bond acceptors (Lipinski definition) is 1. The minimum atomic E-state index is 0.731. The van der Waals surface area contributed by atoms with E-state index >= 15 is 0 Å².